The number of furan rings is 1. The third-order valence-corrected chi connectivity index (χ3v) is 2.31. The highest BCUT2D eigenvalue weighted by Crippen LogP contribution is 2.15. The molecule has 0 aliphatic heterocycles. The molecule has 4 nitrogen and oxygen atoms in total. The maximum absolute atomic E-state index is 11.7. The van der Waals surface area contributed by atoms with E-state index in [0.717, 1.165) is 0 Å². The first-order valence-electron chi connectivity index (χ1n) is 4.28. The van der Waals surface area contributed by atoms with Gasteiger partial charge in [-0.15, -0.1) is 12.4 Å². The van der Waals surface area contributed by atoms with E-state index < -0.39 is 0 Å². The van der Waals surface area contributed by atoms with Crippen molar-refractivity contribution in [3.63, 3.8) is 0 Å². The molecular weight excluding hydrogens is 239 g/mol. The van der Waals surface area contributed by atoms with Crippen molar-refractivity contribution < 1.29 is 9.21 Å². The minimum atomic E-state index is -0.213. The molecule has 0 spiro atoms. The largest absolute Gasteiger partial charge is 0.440 e. The molecule has 0 bridgehead atoms. The van der Waals surface area contributed by atoms with E-state index in [1.807, 2.05) is 6.92 Å². The zero-order valence-corrected chi connectivity index (χ0v) is 10.1. The monoisotopic (exact) mass is 252 g/mol. The number of carbonyl (C=O) groups is 1. The summed E-state index contributed by atoms with van der Waals surface area (Å²) in [6.07, 6.45) is 0. The molecule has 1 amide bonds. The number of likely N-dealkylation sites (N-methyl/N-ethyl adjacent to an activating group) is 1. The lowest BCUT2D eigenvalue weighted by Gasteiger charge is -2.22. The Morgan fingerprint density at radius 1 is 1.67 bits per heavy atom. The van der Waals surface area contributed by atoms with Crippen LogP contribution in [-0.2, 0) is 0 Å². The number of halogens is 2. The molecule has 0 fully saturated rings. The number of amides is 1. The molecular formula is C9H14Cl2N2O2. The number of nitrogens with two attached hydrogens (primary N) is 1. The standard InChI is InChI=1S/C9H13ClN2O2.ClH/c1-6(5-11)12(2)9(13)7-3-4-8(10)14-7;/h3-4,6H,5,11H2,1-2H3;1H. The average molecular weight is 253 g/mol. The summed E-state index contributed by atoms with van der Waals surface area (Å²) in [7, 11) is 1.68. The molecule has 1 unspecified atom stereocenters. The second-order valence-electron chi connectivity index (χ2n) is 3.10. The van der Waals surface area contributed by atoms with Crippen LogP contribution in [0, 0.1) is 0 Å². The Bertz CT molecular complexity index is 328. The van der Waals surface area contributed by atoms with Crippen molar-refractivity contribution in [2.45, 2.75) is 13.0 Å². The summed E-state index contributed by atoms with van der Waals surface area (Å²) in [4.78, 5) is 13.2. The van der Waals surface area contributed by atoms with Crippen molar-refractivity contribution in [3.05, 3.63) is 23.1 Å². The molecule has 86 valence electrons. The quantitative estimate of drug-likeness (QED) is 0.893. The van der Waals surface area contributed by atoms with Crippen LogP contribution in [0.15, 0.2) is 16.5 Å². The molecule has 15 heavy (non-hydrogen) atoms. The molecule has 6 heteroatoms. The molecule has 1 atom stereocenters. The van der Waals surface area contributed by atoms with E-state index >= 15 is 0 Å². The van der Waals surface area contributed by atoms with Gasteiger partial charge in [0.05, 0.1) is 0 Å². The molecule has 1 aromatic heterocycles. The van der Waals surface area contributed by atoms with Crippen LogP contribution in [0.5, 0.6) is 0 Å². The molecule has 0 saturated carbocycles. The highest BCUT2D eigenvalue weighted by atomic mass is 35.5. The average Bonchev–Trinajstić information content (AvgIpc) is 2.61. The van der Waals surface area contributed by atoms with Crippen LogP contribution in [-0.4, -0.2) is 30.4 Å². The summed E-state index contributed by atoms with van der Waals surface area (Å²) in [6.45, 7) is 2.28. The lowest BCUT2D eigenvalue weighted by atomic mass is 10.3. The van der Waals surface area contributed by atoms with Gasteiger partial charge in [-0.2, -0.15) is 0 Å². The van der Waals surface area contributed by atoms with Crippen LogP contribution in [0.25, 0.3) is 0 Å². The Hall–Kier alpha value is -0.710. The molecule has 1 rings (SSSR count). The van der Waals surface area contributed by atoms with Gasteiger partial charge in [0, 0.05) is 19.6 Å². The van der Waals surface area contributed by atoms with Gasteiger partial charge >= 0.3 is 0 Å². The van der Waals surface area contributed by atoms with Crippen molar-refractivity contribution >= 4 is 29.9 Å². The second-order valence-corrected chi connectivity index (χ2v) is 3.48. The van der Waals surface area contributed by atoms with Gasteiger partial charge in [0.25, 0.3) is 5.91 Å². The van der Waals surface area contributed by atoms with Gasteiger partial charge in [-0.25, -0.2) is 0 Å². The lowest BCUT2D eigenvalue weighted by molar-refractivity contribution is 0.0716. The van der Waals surface area contributed by atoms with Gasteiger partial charge in [0.2, 0.25) is 0 Å². The first-order valence-corrected chi connectivity index (χ1v) is 4.66. The van der Waals surface area contributed by atoms with Crippen molar-refractivity contribution in [2.24, 2.45) is 5.73 Å². The molecule has 1 heterocycles. The third-order valence-electron chi connectivity index (χ3n) is 2.11. The summed E-state index contributed by atoms with van der Waals surface area (Å²) in [6, 6.07) is 3.06. The zero-order valence-electron chi connectivity index (χ0n) is 8.57. The van der Waals surface area contributed by atoms with Crippen LogP contribution in [0.3, 0.4) is 0 Å². The van der Waals surface area contributed by atoms with Gasteiger partial charge in [0.1, 0.15) is 0 Å². The molecule has 0 aliphatic rings. The van der Waals surface area contributed by atoms with Crippen molar-refractivity contribution in [2.75, 3.05) is 13.6 Å². The minimum Gasteiger partial charge on any atom is -0.440 e. The van der Waals surface area contributed by atoms with E-state index in [0.29, 0.717) is 6.54 Å². The fourth-order valence-corrected chi connectivity index (χ4v) is 1.11. The Balaban J connectivity index is 0.00000196. The summed E-state index contributed by atoms with van der Waals surface area (Å²) < 4.78 is 4.99. The van der Waals surface area contributed by atoms with Gasteiger partial charge in [-0.3, -0.25) is 4.79 Å². The number of nitrogens with zero attached hydrogens (tertiary/aromatic N) is 1. The predicted molar refractivity (Wildman–Crippen MR) is 61.6 cm³/mol. The van der Waals surface area contributed by atoms with E-state index in [9.17, 15) is 4.79 Å². The molecule has 0 saturated heterocycles. The lowest BCUT2D eigenvalue weighted by Crippen LogP contribution is -2.39. The van der Waals surface area contributed by atoms with E-state index in [2.05, 4.69) is 0 Å². The van der Waals surface area contributed by atoms with Gasteiger partial charge in [0.15, 0.2) is 11.0 Å². The highest BCUT2D eigenvalue weighted by Gasteiger charge is 2.19. The van der Waals surface area contributed by atoms with Gasteiger partial charge in [-0.1, -0.05) is 0 Å². The second kappa shape index (κ2) is 6.00. The summed E-state index contributed by atoms with van der Waals surface area (Å²) >= 11 is 5.56. The SMILES string of the molecule is CC(CN)N(C)C(=O)c1ccc(Cl)o1.Cl. The number of carbonyl (C=O) groups excluding carboxylic acids is 1. The Kier molecular flexibility index (Phi) is 5.72. The first kappa shape index (κ1) is 14.3. The third kappa shape index (κ3) is 3.41. The summed E-state index contributed by atoms with van der Waals surface area (Å²) in [5.41, 5.74) is 5.44. The van der Waals surface area contributed by atoms with Crippen LogP contribution in [0.4, 0.5) is 0 Å². The van der Waals surface area contributed by atoms with E-state index in [-0.39, 0.29) is 35.3 Å². The molecule has 0 aromatic carbocycles. The Morgan fingerprint density at radius 2 is 2.27 bits per heavy atom. The normalized spacial score (nSPS) is 11.7. The van der Waals surface area contributed by atoms with Gasteiger partial charge < -0.3 is 15.1 Å². The summed E-state index contributed by atoms with van der Waals surface area (Å²) in [5, 5.41) is 0.210. The minimum absolute atomic E-state index is 0. The number of rotatable bonds is 3. The molecule has 0 radical (unpaired) electrons. The predicted octanol–water partition coefficient (Wildman–Crippen LogP) is 1.77. The van der Waals surface area contributed by atoms with E-state index in [1.165, 1.54) is 11.0 Å². The van der Waals surface area contributed by atoms with E-state index in [4.69, 9.17) is 21.8 Å². The fourth-order valence-electron chi connectivity index (χ4n) is 0.961. The highest BCUT2D eigenvalue weighted by molar-refractivity contribution is 6.29. The van der Waals surface area contributed by atoms with Crippen molar-refractivity contribution in [3.8, 4) is 0 Å². The van der Waals surface area contributed by atoms with Crippen LogP contribution in [0.1, 0.15) is 17.5 Å². The number of hydrogen-bond acceptors (Lipinski definition) is 3. The van der Waals surface area contributed by atoms with Crippen molar-refractivity contribution in [1.82, 2.24) is 4.90 Å². The van der Waals surface area contributed by atoms with Crippen LogP contribution in [0.2, 0.25) is 5.22 Å². The number of hydrogen-bond donors (Lipinski definition) is 1. The first-order chi connectivity index (χ1) is 6.56. The van der Waals surface area contributed by atoms with Crippen LogP contribution >= 0.6 is 24.0 Å². The Labute approximate surface area is 99.8 Å². The zero-order chi connectivity index (χ0) is 10.7. The maximum Gasteiger partial charge on any atom is 0.289 e. The van der Waals surface area contributed by atoms with Crippen molar-refractivity contribution in [1.29, 1.82) is 0 Å². The maximum atomic E-state index is 11.7. The fraction of sp³-hybridized carbons (Fsp3) is 0.444. The molecule has 2 N–H and O–H groups in total. The van der Waals surface area contributed by atoms with E-state index in [1.54, 1.807) is 13.1 Å². The summed E-state index contributed by atoms with van der Waals surface area (Å²) in [5.74, 6) is 0.0210. The smallest absolute Gasteiger partial charge is 0.289 e. The molecule has 0 aliphatic carbocycles. The van der Waals surface area contributed by atoms with Gasteiger partial charge in [-0.05, 0) is 30.7 Å². The Morgan fingerprint density at radius 3 is 2.67 bits per heavy atom. The molecule has 1 aromatic rings. The topological polar surface area (TPSA) is 59.5 Å². The van der Waals surface area contributed by atoms with Crippen LogP contribution < -0.4 is 5.73 Å².